The third kappa shape index (κ3) is 8.24. The molecule has 2 rings (SSSR count). The minimum Gasteiger partial charge on any atom is -0.480 e. The largest absolute Gasteiger partial charge is 0.480 e. The quantitative estimate of drug-likeness (QED) is 0.383. The van der Waals surface area contributed by atoms with E-state index in [0.29, 0.717) is 21.2 Å². The van der Waals surface area contributed by atoms with Crippen molar-refractivity contribution in [1.29, 1.82) is 0 Å². The van der Waals surface area contributed by atoms with Gasteiger partial charge in [0.25, 0.3) is 10.0 Å². The Balaban J connectivity index is 2.26. The zero-order chi connectivity index (χ0) is 25.7. The van der Waals surface area contributed by atoms with E-state index in [2.05, 4.69) is 4.40 Å². The number of carboxylic acids is 1. The summed E-state index contributed by atoms with van der Waals surface area (Å²) in [7, 11) is -4.30. The van der Waals surface area contributed by atoms with Crippen LogP contribution in [-0.2, 0) is 20.4 Å². The van der Waals surface area contributed by atoms with Gasteiger partial charge in [-0.1, -0.05) is 53.5 Å². The highest BCUT2D eigenvalue weighted by Crippen LogP contribution is 2.39. The first kappa shape index (κ1) is 28.1. The van der Waals surface area contributed by atoms with Crippen molar-refractivity contribution in [1.82, 2.24) is 0 Å². The lowest BCUT2D eigenvalue weighted by atomic mass is 9.86. The van der Waals surface area contributed by atoms with Gasteiger partial charge in [0.1, 0.15) is 6.04 Å². The van der Waals surface area contributed by atoms with Crippen LogP contribution < -0.4 is 5.73 Å². The predicted molar refractivity (Wildman–Crippen MR) is 124 cm³/mol. The van der Waals surface area contributed by atoms with E-state index in [1.54, 1.807) is 12.1 Å². The maximum atomic E-state index is 13.2. The Hall–Kier alpha value is -2.18. The van der Waals surface area contributed by atoms with E-state index in [1.165, 1.54) is 30.3 Å². The molecule has 4 N–H and O–H groups in total. The molecule has 1 unspecified atom stereocenters. The first-order valence-corrected chi connectivity index (χ1v) is 12.1. The summed E-state index contributed by atoms with van der Waals surface area (Å²) in [6.07, 6.45) is -6.92. The molecular weight excluding hydrogens is 520 g/mol. The summed E-state index contributed by atoms with van der Waals surface area (Å²) in [6.45, 7) is 0. The highest BCUT2D eigenvalue weighted by molar-refractivity contribution is 7.90. The fraction of sp³-hybridized carbons (Fsp3) is 0.333. The van der Waals surface area contributed by atoms with Gasteiger partial charge in [-0.3, -0.25) is 4.79 Å². The summed E-state index contributed by atoms with van der Waals surface area (Å²) >= 11 is 12.0. The highest BCUT2D eigenvalue weighted by Gasteiger charge is 2.43. The average Bonchev–Trinajstić information content (AvgIpc) is 2.71. The van der Waals surface area contributed by atoms with E-state index in [4.69, 9.17) is 34.0 Å². The molecule has 0 aromatic heterocycles. The number of alkyl halides is 3. The monoisotopic (exact) mass is 540 g/mol. The van der Waals surface area contributed by atoms with E-state index in [-0.39, 0.29) is 5.56 Å². The average molecular weight is 541 g/mol. The Bertz CT molecular complexity index is 1160. The predicted octanol–water partition coefficient (Wildman–Crippen LogP) is 4.39. The molecular formula is C21H21Cl2F3N2O5S. The SMILES string of the molecule is N[C@@H](CC=NS(=O)(=O)CCC(O)(CC(F)(F)F)c1ccc(-c2ccc(Cl)cc2Cl)cc1)C(=O)O. The summed E-state index contributed by atoms with van der Waals surface area (Å²) < 4.78 is 67.1. The summed E-state index contributed by atoms with van der Waals surface area (Å²) in [5.41, 5.74) is 3.65. The van der Waals surface area contributed by atoms with Crippen LogP contribution in [0.2, 0.25) is 10.0 Å². The third-order valence-corrected chi connectivity index (χ3v) is 6.58. The third-order valence-electron chi connectivity index (χ3n) is 4.84. The lowest BCUT2D eigenvalue weighted by Gasteiger charge is -2.29. The van der Waals surface area contributed by atoms with E-state index in [1.807, 2.05) is 0 Å². The van der Waals surface area contributed by atoms with Crippen molar-refractivity contribution in [3.63, 3.8) is 0 Å². The first-order chi connectivity index (χ1) is 15.6. The van der Waals surface area contributed by atoms with Gasteiger partial charge in [-0.15, -0.1) is 0 Å². The Morgan fingerprint density at radius 3 is 2.29 bits per heavy atom. The van der Waals surface area contributed by atoms with Gasteiger partial charge in [0.2, 0.25) is 0 Å². The van der Waals surface area contributed by atoms with Gasteiger partial charge < -0.3 is 15.9 Å². The molecule has 0 amide bonds. The second-order valence-electron chi connectivity index (χ2n) is 7.53. The zero-order valence-corrected chi connectivity index (χ0v) is 19.8. The van der Waals surface area contributed by atoms with Gasteiger partial charge >= 0.3 is 12.1 Å². The maximum absolute atomic E-state index is 13.2. The molecule has 0 aliphatic heterocycles. The molecule has 0 radical (unpaired) electrons. The van der Waals surface area contributed by atoms with E-state index >= 15 is 0 Å². The molecule has 0 spiro atoms. The van der Waals surface area contributed by atoms with Crippen LogP contribution in [-0.4, -0.2) is 48.8 Å². The number of carboxylic acid groups (broad SMARTS) is 1. The molecule has 0 aliphatic rings. The van der Waals surface area contributed by atoms with Crippen molar-refractivity contribution in [3.8, 4) is 11.1 Å². The smallest absolute Gasteiger partial charge is 0.392 e. The van der Waals surface area contributed by atoms with Crippen LogP contribution >= 0.6 is 23.2 Å². The zero-order valence-electron chi connectivity index (χ0n) is 17.5. The molecule has 0 saturated heterocycles. The number of aliphatic hydroxyl groups is 1. The van der Waals surface area contributed by atoms with Crippen LogP contribution in [0.4, 0.5) is 13.2 Å². The Kier molecular flexibility index (Phi) is 9.11. The van der Waals surface area contributed by atoms with Gasteiger partial charge in [-0.2, -0.15) is 17.6 Å². The van der Waals surface area contributed by atoms with Gasteiger partial charge in [0.15, 0.2) is 0 Å². The highest BCUT2D eigenvalue weighted by atomic mass is 35.5. The number of rotatable bonds is 10. The summed E-state index contributed by atoms with van der Waals surface area (Å²) in [4.78, 5) is 10.7. The molecule has 2 aromatic rings. The molecule has 0 heterocycles. The van der Waals surface area contributed by atoms with Crippen molar-refractivity contribution < 1.29 is 36.6 Å². The van der Waals surface area contributed by atoms with Crippen LogP contribution in [0.3, 0.4) is 0 Å². The topological polar surface area (TPSA) is 130 Å². The number of nitrogens with two attached hydrogens (primary N) is 1. The fourth-order valence-electron chi connectivity index (χ4n) is 3.07. The van der Waals surface area contributed by atoms with Crippen LogP contribution in [0.1, 0.15) is 24.8 Å². The summed E-state index contributed by atoms with van der Waals surface area (Å²) in [5.74, 6) is -2.28. The molecule has 0 aliphatic carbocycles. The number of carbonyl (C=O) groups is 1. The molecule has 2 atom stereocenters. The van der Waals surface area contributed by atoms with Crippen molar-refractivity contribution in [2.45, 2.75) is 37.1 Å². The van der Waals surface area contributed by atoms with Crippen molar-refractivity contribution >= 4 is 45.4 Å². The number of nitrogens with zero attached hydrogens (tertiary/aromatic N) is 1. The van der Waals surface area contributed by atoms with Crippen molar-refractivity contribution in [2.75, 3.05) is 5.75 Å². The Morgan fingerprint density at radius 2 is 1.76 bits per heavy atom. The normalized spacial score (nSPS) is 15.3. The number of halogens is 5. The molecule has 186 valence electrons. The van der Waals surface area contributed by atoms with E-state index in [0.717, 1.165) is 6.21 Å². The summed E-state index contributed by atoms with van der Waals surface area (Å²) in [5, 5.41) is 20.2. The number of sulfonamides is 1. The maximum Gasteiger partial charge on any atom is 0.392 e. The van der Waals surface area contributed by atoms with Crippen molar-refractivity contribution in [3.05, 3.63) is 58.1 Å². The summed E-state index contributed by atoms with van der Waals surface area (Å²) in [6, 6.07) is 8.75. The number of hydrogen-bond acceptors (Lipinski definition) is 5. The minimum atomic E-state index is -4.80. The standard InChI is InChI=1S/C21H21Cl2F3N2O5S/c22-15-5-6-16(17(23)11-15)13-1-3-14(4-2-13)20(31,12-21(24,25)26)8-10-34(32,33)28-9-7-18(27)19(29)30/h1-6,9,11,18,31H,7-8,10,12,27H2,(H,29,30)/t18-,20?/m0/s1. The molecule has 34 heavy (non-hydrogen) atoms. The minimum absolute atomic E-state index is 0.147. The second kappa shape index (κ2) is 11.0. The molecule has 13 heteroatoms. The Labute approximate surface area is 204 Å². The van der Waals surface area contributed by atoms with Crippen LogP contribution in [0.25, 0.3) is 11.1 Å². The van der Waals surface area contributed by atoms with Gasteiger partial charge in [-0.25, -0.2) is 8.42 Å². The van der Waals surface area contributed by atoms with Gasteiger partial charge in [0, 0.05) is 28.2 Å². The van der Waals surface area contributed by atoms with Gasteiger partial charge in [0.05, 0.1) is 17.8 Å². The second-order valence-corrected chi connectivity index (χ2v) is 10.2. The van der Waals surface area contributed by atoms with Crippen LogP contribution in [0, 0.1) is 0 Å². The number of hydrogen-bond donors (Lipinski definition) is 3. The lowest BCUT2D eigenvalue weighted by molar-refractivity contribution is -0.179. The van der Waals surface area contributed by atoms with Crippen molar-refractivity contribution in [2.24, 2.45) is 10.1 Å². The molecule has 2 aromatic carbocycles. The molecule has 0 saturated carbocycles. The first-order valence-electron chi connectivity index (χ1n) is 9.72. The number of benzene rings is 2. The molecule has 0 bridgehead atoms. The molecule has 7 nitrogen and oxygen atoms in total. The fourth-order valence-corrected chi connectivity index (χ4v) is 4.60. The lowest BCUT2D eigenvalue weighted by Crippen LogP contribution is -2.34. The van der Waals surface area contributed by atoms with E-state index in [9.17, 15) is 31.5 Å². The van der Waals surface area contributed by atoms with Crippen LogP contribution in [0.5, 0.6) is 0 Å². The number of aliphatic carboxylic acids is 1. The Morgan fingerprint density at radius 1 is 1.15 bits per heavy atom. The van der Waals surface area contributed by atoms with E-state index < -0.39 is 58.8 Å². The van der Waals surface area contributed by atoms with Gasteiger partial charge in [-0.05, 0) is 29.7 Å². The van der Waals surface area contributed by atoms with Crippen LogP contribution in [0.15, 0.2) is 46.9 Å². The molecule has 0 fully saturated rings.